The molecule has 9 rings (SSSR count). The molecule has 1 aromatic heterocycles. The van der Waals surface area contributed by atoms with Crippen molar-refractivity contribution in [2.75, 3.05) is 0 Å². The van der Waals surface area contributed by atoms with Gasteiger partial charge in [0.05, 0.1) is 0 Å². The molecule has 0 spiro atoms. The van der Waals surface area contributed by atoms with Gasteiger partial charge in [0, 0.05) is 27.5 Å². The summed E-state index contributed by atoms with van der Waals surface area (Å²) in [6, 6.07) is 45.7. The van der Waals surface area contributed by atoms with Crippen molar-refractivity contribution in [3.8, 4) is 56.4 Å². The van der Waals surface area contributed by atoms with Crippen LogP contribution in [0.4, 0.5) is 0 Å². The molecule has 0 amide bonds. The molecule has 6 aromatic carbocycles. The molecule has 0 atom stereocenters. The Kier molecular flexibility index (Phi) is 5.59. The van der Waals surface area contributed by atoms with Gasteiger partial charge in [-0.3, -0.25) is 0 Å². The number of fused-ring (bicyclic) bond motifs is 8. The van der Waals surface area contributed by atoms with Gasteiger partial charge in [-0.25, -0.2) is 15.0 Å². The summed E-state index contributed by atoms with van der Waals surface area (Å²) >= 11 is 0. The van der Waals surface area contributed by atoms with Gasteiger partial charge in [0.1, 0.15) is 0 Å². The third-order valence-corrected chi connectivity index (χ3v) is 10.3. The van der Waals surface area contributed by atoms with Crippen LogP contribution in [0.5, 0.6) is 0 Å². The van der Waals surface area contributed by atoms with Crippen molar-refractivity contribution in [2.45, 2.75) is 38.5 Å². The monoisotopic (exact) mass is 591 g/mol. The topological polar surface area (TPSA) is 38.7 Å². The van der Waals surface area contributed by atoms with E-state index in [0.29, 0.717) is 17.5 Å². The summed E-state index contributed by atoms with van der Waals surface area (Å²) in [7, 11) is 0. The highest BCUT2D eigenvalue weighted by Crippen LogP contribution is 2.52. The summed E-state index contributed by atoms with van der Waals surface area (Å²) < 4.78 is 0. The molecular formula is C43H33N3. The predicted octanol–water partition coefficient (Wildman–Crippen LogP) is 10.6. The van der Waals surface area contributed by atoms with Crippen LogP contribution < -0.4 is 0 Å². The van der Waals surface area contributed by atoms with Gasteiger partial charge in [-0.05, 0) is 67.4 Å². The molecule has 0 bridgehead atoms. The van der Waals surface area contributed by atoms with E-state index in [9.17, 15) is 0 Å². The number of aromatic nitrogens is 3. The molecule has 0 fully saturated rings. The lowest BCUT2D eigenvalue weighted by molar-refractivity contribution is 0.660. The van der Waals surface area contributed by atoms with Crippen molar-refractivity contribution >= 4 is 10.8 Å². The Balaban J connectivity index is 1.20. The molecule has 220 valence electrons. The molecule has 3 heteroatoms. The fourth-order valence-electron chi connectivity index (χ4n) is 7.96. The van der Waals surface area contributed by atoms with Gasteiger partial charge >= 0.3 is 0 Å². The minimum Gasteiger partial charge on any atom is -0.208 e. The SMILES string of the molecule is CC1(C)c2ccccc2-c2ccc(-c3nc(-c4ccccc4)nc(-c4ccc5c6c(ccc5c4)-c4ccccc4C6(C)C)n3)cc21. The second-order valence-corrected chi connectivity index (χ2v) is 13.7. The van der Waals surface area contributed by atoms with Gasteiger partial charge in [0.25, 0.3) is 0 Å². The second-order valence-electron chi connectivity index (χ2n) is 13.7. The van der Waals surface area contributed by atoms with Crippen molar-refractivity contribution in [1.82, 2.24) is 15.0 Å². The zero-order chi connectivity index (χ0) is 31.2. The summed E-state index contributed by atoms with van der Waals surface area (Å²) in [5.41, 5.74) is 13.5. The first kappa shape index (κ1) is 26.9. The van der Waals surface area contributed by atoms with E-state index in [1.165, 1.54) is 55.3 Å². The minimum atomic E-state index is -0.105. The Morgan fingerprint density at radius 3 is 1.63 bits per heavy atom. The zero-order valence-corrected chi connectivity index (χ0v) is 26.5. The average Bonchev–Trinajstić information content (AvgIpc) is 3.48. The van der Waals surface area contributed by atoms with Gasteiger partial charge in [-0.15, -0.1) is 0 Å². The van der Waals surface area contributed by atoms with Gasteiger partial charge in [-0.2, -0.15) is 0 Å². The highest BCUT2D eigenvalue weighted by molar-refractivity contribution is 5.99. The Bertz CT molecular complexity index is 2370. The Hall–Kier alpha value is -5.41. The number of hydrogen-bond acceptors (Lipinski definition) is 3. The Labute approximate surface area is 269 Å². The summed E-state index contributed by atoms with van der Waals surface area (Å²) in [4.78, 5) is 15.2. The maximum atomic E-state index is 5.14. The number of nitrogens with zero attached hydrogens (tertiary/aromatic N) is 3. The largest absolute Gasteiger partial charge is 0.208 e. The average molecular weight is 592 g/mol. The quantitative estimate of drug-likeness (QED) is 0.205. The third kappa shape index (κ3) is 3.81. The summed E-state index contributed by atoms with van der Waals surface area (Å²) in [6.07, 6.45) is 0. The Morgan fingerprint density at radius 2 is 0.913 bits per heavy atom. The smallest absolute Gasteiger partial charge is 0.164 e. The summed E-state index contributed by atoms with van der Waals surface area (Å²) in [5, 5.41) is 2.47. The van der Waals surface area contributed by atoms with E-state index >= 15 is 0 Å². The van der Waals surface area contributed by atoms with Crippen LogP contribution in [0.25, 0.3) is 67.2 Å². The van der Waals surface area contributed by atoms with Crippen LogP contribution in [-0.4, -0.2) is 15.0 Å². The number of hydrogen-bond donors (Lipinski definition) is 0. The van der Waals surface area contributed by atoms with Crippen LogP contribution in [-0.2, 0) is 10.8 Å². The van der Waals surface area contributed by atoms with Gasteiger partial charge < -0.3 is 0 Å². The Morgan fingerprint density at radius 1 is 0.391 bits per heavy atom. The fourth-order valence-corrected chi connectivity index (χ4v) is 7.96. The highest BCUT2D eigenvalue weighted by atomic mass is 15.0. The first-order valence-corrected chi connectivity index (χ1v) is 16.0. The van der Waals surface area contributed by atoms with E-state index in [2.05, 4.69) is 137 Å². The van der Waals surface area contributed by atoms with Gasteiger partial charge in [0.15, 0.2) is 17.5 Å². The maximum absolute atomic E-state index is 5.14. The van der Waals surface area contributed by atoms with Crippen molar-refractivity contribution in [1.29, 1.82) is 0 Å². The molecule has 0 saturated carbocycles. The van der Waals surface area contributed by atoms with Crippen LogP contribution in [0, 0.1) is 0 Å². The van der Waals surface area contributed by atoms with E-state index < -0.39 is 0 Å². The van der Waals surface area contributed by atoms with Crippen molar-refractivity contribution in [3.63, 3.8) is 0 Å². The van der Waals surface area contributed by atoms with Crippen molar-refractivity contribution in [3.05, 3.63) is 150 Å². The van der Waals surface area contributed by atoms with Crippen molar-refractivity contribution < 1.29 is 0 Å². The van der Waals surface area contributed by atoms with Crippen LogP contribution in [0.15, 0.2) is 127 Å². The predicted molar refractivity (Wildman–Crippen MR) is 189 cm³/mol. The molecular weight excluding hydrogens is 558 g/mol. The molecule has 1 heterocycles. The fraction of sp³-hybridized carbons (Fsp3) is 0.140. The lowest BCUT2D eigenvalue weighted by Gasteiger charge is -2.23. The molecule has 0 aliphatic heterocycles. The summed E-state index contributed by atoms with van der Waals surface area (Å²) in [6.45, 7) is 9.29. The van der Waals surface area contributed by atoms with E-state index in [4.69, 9.17) is 15.0 Å². The molecule has 0 saturated heterocycles. The molecule has 0 unspecified atom stereocenters. The molecule has 3 nitrogen and oxygen atoms in total. The van der Waals surface area contributed by atoms with Crippen molar-refractivity contribution in [2.24, 2.45) is 0 Å². The second kappa shape index (κ2) is 9.55. The van der Waals surface area contributed by atoms with E-state index in [1.807, 2.05) is 18.2 Å². The minimum absolute atomic E-state index is 0.0746. The maximum Gasteiger partial charge on any atom is 0.164 e. The van der Waals surface area contributed by atoms with Gasteiger partial charge in [0.2, 0.25) is 0 Å². The third-order valence-electron chi connectivity index (χ3n) is 10.3. The summed E-state index contributed by atoms with van der Waals surface area (Å²) in [5.74, 6) is 2.04. The lowest BCUT2D eigenvalue weighted by atomic mass is 9.80. The highest BCUT2D eigenvalue weighted by Gasteiger charge is 2.37. The normalized spacial score (nSPS) is 14.9. The molecule has 0 radical (unpaired) electrons. The van der Waals surface area contributed by atoms with E-state index in [1.54, 1.807) is 0 Å². The molecule has 0 N–H and O–H groups in total. The standard InChI is InChI=1S/C43H33N3/c1-42(2)35-16-10-8-14-31(35)33-22-20-29(25-37(33)42)41-45-39(26-12-6-5-7-13-26)44-40(46-41)28-19-21-30-27(24-28)18-23-34-32-15-9-11-17-36(32)43(3,4)38(30)34/h5-25H,1-4H3. The van der Waals surface area contributed by atoms with Crippen LogP contribution >= 0.6 is 0 Å². The first-order chi connectivity index (χ1) is 22.3. The lowest BCUT2D eigenvalue weighted by Crippen LogP contribution is -2.15. The van der Waals surface area contributed by atoms with E-state index in [0.717, 1.165) is 16.7 Å². The van der Waals surface area contributed by atoms with Gasteiger partial charge in [-0.1, -0.05) is 143 Å². The van der Waals surface area contributed by atoms with Crippen LogP contribution in [0.3, 0.4) is 0 Å². The zero-order valence-electron chi connectivity index (χ0n) is 26.5. The van der Waals surface area contributed by atoms with Crippen LogP contribution in [0.2, 0.25) is 0 Å². The molecule has 46 heavy (non-hydrogen) atoms. The van der Waals surface area contributed by atoms with Crippen LogP contribution in [0.1, 0.15) is 49.9 Å². The van der Waals surface area contributed by atoms with E-state index in [-0.39, 0.29) is 10.8 Å². The first-order valence-electron chi connectivity index (χ1n) is 16.0. The molecule has 7 aromatic rings. The number of rotatable bonds is 3. The molecule has 2 aliphatic rings. The number of benzene rings is 6. The molecule has 2 aliphatic carbocycles.